The molecule has 0 radical (unpaired) electrons. The van der Waals surface area contributed by atoms with Crippen molar-refractivity contribution in [3.8, 4) is 0 Å². The molecule has 3 heteroatoms. The van der Waals surface area contributed by atoms with Gasteiger partial charge >= 0.3 is 0 Å². The number of rotatable bonds is 3. The van der Waals surface area contributed by atoms with Crippen LogP contribution >= 0.6 is 0 Å². The van der Waals surface area contributed by atoms with Crippen LogP contribution in [0.1, 0.15) is 18.1 Å². The summed E-state index contributed by atoms with van der Waals surface area (Å²) >= 11 is 0. The maximum Gasteiger partial charge on any atom is 0.221 e. The Hall–Kier alpha value is -2.29. The molecule has 0 saturated carbocycles. The molecule has 0 aliphatic rings. The van der Waals surface area contributed by atoms with Crippen LogP contribution in [0.2, 0.25) is 0 Å². The first-order valence-corrected chi connectivity index (χ1v) is 5.84. The Bertz CT molecular complexity index is 529. The minimum absolute atomic E-state index is 0.0544. The predicted molar refractivity (Wildman–Crippen MR) is 74.4 cm³/mol. The molecule has 2 aromatic rings. The maximum absolute atomic E-state index is 10.9. The van der Waals surface area contributed by atoms with E-state index in [-0.39, 0.29) is 5.91 Å². The Morgan fingerprint density at radius 2 is 1.50 bits per heavy atom. The second kappa shape index (κ2) is 5.36. The molecule has 0 spiro atoms. The van der Waals surface area contributed by atoms with Crippen LogP contribution in [0.15, 0.2) is 48.5 Å². The van der Waals surface area contributed by atoms with Crippen molar-refractivity contribution < 1.29 is 4.79 Å². The topological polar surface area (TPSA) is 55.1 Å². The van der Waals surface area contributed by atoms with E-state index < -0.39 is 0 Å². The monoisotopic (exact) mass is 240 g/mol. The number of nitrogens with one attached hydrogen (secondary N) is 1. The summed E-state index contributed by atoms with van der Waals surface area (Å²) in [6.45, 7) is 1.50. The molecule has 0 fully saturated rings. The van der Waals surface area contributed by atoms with Crippen LogP contribution in [0.4, 0.5) is 11.4 Å². The fraction of sp³-hybridized carbons (Fsp3) is 0.133. The molecular weight excluding hydrogens is 224 g/mol. The minimum Gasteiger partial charge on any atom is -0.399 e. The number of carbonyl (C=O) groups excluding carboxylic acids is 1. The number of nitrogens with two attached hydrogens (primary N) is 1. The van der Waals surface area contributed by atoms with Gasteiger partial charge in [0.1, 0.15) is 0 Å². The molecule has 0 aliphatic carbocycles. The third-order valence-corrected chi connectivity index (χ3v) is 2.66. The first kappa shape index (κ1) is 12.2. The van der Waals surface area contributed by atoms with E-state index in [1.807, 2.05) is 48.5 Å². The fourth-order valence-electron chi connectivity index (χ4n) is 1.78. The van der Waals surface area contributed by atoms with Gasteiger partial charge in [0, 0.05) is 18.3 Å². The molecule has 3 N–H and O–H groups in total. The van der Waals surface area contributed by atoms with Crippen LogP contribution in [0.3, 0.4) is 0 Å². The lowest BCUT2D eigenvalue weighted by Crippen LogP contribution is -2.05. The van der Waals surface area contributed by atoms with Crippen LogP contribution in [0.25, 0.3) is 0 Å². The van der Waals surface area contributed by atoms with Gasteiger partial charge in [-0.15, -0.1) is 0 Å². The van der Waals surface area contributed by atoms with Gasteiger partial charge in [-0.05, 0) is 41.8 Å². The lowest BCUT2D eigenvalue weighted by atomic mass is 10.0. The molecule has 3 nitrogen and oxygen atoms in total. The van der Waals surface area contributed by atoms with Gasteiger partial charge in [-0.3, -0.25) is 4.79 Å². The summed E-state index contributed by atoms with van der Waals surface area (Å²) in [7, 11) is 0. The van der Waals surface area contributed by atoms with E-state index in [0.717, 1.165) is 17.8 Å². The minimum atomic E-state index is -0.0544. The zero-order valence-electron chi connectivity index (χ0n) is 10.3. The standard InChI is InChI=1S/C15H16N2O/c1-11(18)17-15-8-4-13(5-9-15)10-12-2-6-14(16)7-3-12/h2-9H,10,16H2,1H3,(H,17,18). The summed E-state index contributed by atoms with van der Waals surface area (Å²) < 4.78 is 0. The molecular formula is C15H16N2O. The Kier molecular flexibility index (Phi) is 3.63. The molecule has 0 aliphatic heterocycles. The Morgan fingerprint density at radius 3 is 2.00 bits per heavy atom. The third kappa shape index (κ3) is 3.35. The van der Waals surface area contributed by atoms with Crippen molar-refractivity contribution in [2.24, 2.45) is 0 Å². The Morgan fingerprint density at radius 1 is 1.00 bits per heavy atom. The van der Waals surface area contributed by atoms with Crippen LogP contribution < -0.4 is 11.1 Å². The average Bonchev–Trinajstić information content (AvgIpc) is 2.34. The summed E-state index contributed by atoms with van der Waals surface area (Å²) in [5, 5.41) is 2.75. The van der Waals surface area contributed by atoms with E-state index >= 15 is 0 Å². The summed E-state index contributed by atoms with van der Waals surface area (Å²) in [4.78, 5) is 10.9. The van der Waals surface area contributed by atoms with E-state index in [1.54, 1.807) is 0 Å². The molecule has 2 aromatic carbocycles. The molecule has 0 aromatic heterocycles. The normalized spacial score (nSPS) is 10.1. The highest BCUT2D eigenvalue weighted by atomic mass is 16.1. The van der Waals surface area contributed by atoms with E-state index in [0.29, 0.717) is 0 Å². The van der Waals surface area contributed by atoms with Crippen LogP contribution in [0.5, 0.6) is 0 Å². The summed E-state index contributed by atoms with van der Waals surface area (Å²) in [6.07, 6.45) is 0.862. The molecule has 0 heterocycles. The van der Waals surface area contributed by atoms with E-state index in [2.05, 4.69) is 5.32 Å². The molecule has 18 heavy (non-hydrogen) atoms. The zero-order valence-corrected chi connectivity index (χ0v) is 10.3. The number of nitrogen functional groups attached to an aromatic ring is 1. The Labute approximate surface area is 107 Å². The highest BCUT2D eigenvalue weighted by molar-refractivity contribution is 5.88. The number of anilines is 2. The van der Waals surface area contributed by atoms with Crippen molar-refractivity contribution in [3.05, 3.63) is 59.7 Å². The molecule has 1 amide bonds. The van der Waals surface area contributed by atoms with Gasteiger partial charge < -0.3 is 11.1 Å². The first-order valence-electron chi connectivity index (χ1n) is 5.84. The van der Waals surface area contributed by atoms with Crippen molar-refractivity contribution in [1.82, 2.24) is 0 Å². The first-order chi connectivity index (χ1) is 8.63. The highest BCUT2D eigenvalue weighted by Crippen LogP contribution is 2.14. The summed E-state index contributed by atoms with van der Waals surface area (Å²) in [5.41, 5.74) is 9.67. The lowest BCUT2D eigenvalue weighted by molar-refractivity contribution is -0.114. The number of hydrogen-bond acceptors (Lipinski definition) is 2. The predicted octanol–water partition coefficient (Wildman–Crippen LogP) is 2.82. The summed E-state index contributed by atoms with van der Waals surface area (Å²) in [5.74, 6) is -0.0544. The van der Waals surface area contributed by atoms with Gasteiger partial charge in [0.2, 0.25) is 5.91 Å². The summed E-state index contributed by atoms with van der Waals surface area (Å²) in [6, 6.07) is 15.7. The van der Waals surface area contributed by atoms with Gasteiger partial charge in [-0.2, -0.15) is 0 Å². The van der Waals surface area contributed by atoms with Crippen LogP contribution in [-0.4, -0.2) is 5.91 Å². The van der Waals surface area contributed by atoms with Gasteiger partial charge in [0.15, 0.2) is 0 Å². The highest BCUT2D eigenvalue weighted by Gasteiger charge is 1.98. The quantitative estimate of drug-likeness (QED) is 0.810. The largest absolute Gasteiger partial charge is 0.399 e. The van der Waals surface area contributed by atoms with Crippen molar-refractivity contribution in [2.45, 2.75) is 13.3 Å². The second-order valence-corrected chi connectivity index (χ2v) is 4.30. The SMILES string of the molecule is CC(=O)Nc1ccc(Cc2ccc(N)cc2)cc1. The average molecular weight is 240 g/mol. The number of amides is 1. The smallest absolute Gasteiger partial charge is 0.221 e. The second-order valence-electron chi connectivity index (χ2n) is 4.30. The Balaban J connectivity index is 2.06. The molecule has 0 saturated heterocycles. The van der Waals surface area contributed by atoms with E-state index in [9.17, 15) is 4.79 Å². The van der Waals surface area contributed by atoms with Crippen molar-refractivity contribution in [2.75, 3.05) is 11.1 Å². The zero-order chi connectivity index (χ0) is 13.0. The molecule has 0 unspecified atom stereocenters. The number of carbonyl (C=O) groups is 1. The van der Waals surface area contributed by atoms with Crippen molar-refractivity contribution in [3.63, 3.8) is 0 Å². The number of hydrogen-bond donors (Lipinski definition) is 2. The van der Waals surface area contributed by atoms with Gasteiger partial charge in [0.25, 0.3) is 0 Å². The molecule has 0 bridgehead atoms. The lowest BCUT2D eigenvalue weighted by Gasteiger charge is -2.05. The molecule has 92 valence electrons. The third-order valence-electron chi connectivity index (χ3n) is 2.66. The van der Waals surface area contributed by atoms with E-state index in [4.69, 9.17) is 5.73 Å². The number of benzene rings is 2. The van der Waals surface area contributed by atoms with Gasteiger partial charge in [0.05, 0.1) is 0 Å². The van der Waals surface area contributed by atoms with Crippen LogP contribution in [0, 0.1) is 0 Å². The van der Waals surface area contributed by atoms with Crippen molar-refractivity contribution >= 4 is 17.3 Å². The molecule has 2 rings (SSSR count). The van der Waals surface area contributed by atoms with Crippen LogP contribution in [-0.2, 0) is 11.2 Å². The van der Waals surface area contributed by atoms with Gasteiger partial charge in [-0.25, -0.2) is 0 Å². The van der Waals surface area contributed by atoms with Gasteiger partial charge in [-0.1, -0.05) is 24.3 Å². The molecule has 0 atom stereocenters. The van der Waals surface area contributed by atoms with E-state index in [1.165, 1.54) is 18.1 Å². The fourth-order valence-corrected chi connectivity index (χ4v) is 1.78. The maximum atomic E-state index is 10.9. The van der Waals surface area contributed by atoms with Crippen molar-refractivity contribution in [1.29, 1.82) is 0 Å².